The Balaban J connectivity index is 1.43. The van der Waals surface area contributed by atoms with Crippen LogP contribution in [0.1, 0.15) is 32.1 Å². The summed E-state index contributed by atoms with van der Waals surface area (Å²) in [6.45, 7) is 0.141. The van der Waals surface area contributed by atoms with Crippen LogP contribution in [-0.2, 0) is 11.3 Å². The third kappa shape index (κ3) is 2.41. The number of rotatable bonds is 3. The third-order valence-corrected chi connectivity index (χ3v) is 5.77. The van der Waals surface area contributed by atoms with Gasteiger partial charge >= 0.3 is 0 Å². The first kappa shape index (κ1) is 13.1. The zero-order valence-electron chi connectivity index (χ0n) is 12.2. The molecule has 4 nitrogen and oxygen atoms in total. The predicted molar refractivity (Wildman–Crippen MR) is 79.7 cm³/mol. The average molecular weight is 286 g/mol. The molecule has 1 heterocycles. The zero-order chi connectivity index (χ0) is 14.4. The van der Waals surface area contributed by atoms with Gasteiger partial charge in [-0.2, -0.15) is 0 Å². The van der Waals surface area contributed by atoms with Crippen LogP contribution < -0.4 is 10.9 Å². The number of aromatic nitrogens is 1. The molecule has 0 aromatic carbocycles. The number of hydrogen-bond donors (Lipinski definition) is 1. The summed E-state index contributed by atoms with van der Waals surface area (Å²) in [6, 6.07) is 5.34. The molecule has 0 saturated heterocycles. The minimum Gasteiger partial charge on any atom is -0.351 e. The Morgan fingerprint density at radius 1 is 1.10 bits per heavy atom. The van der Waals surface area contributed by atoms with E-state index < -0.39 is 0 Å². The molecule has 4 heteroatoms. The number of nitrogens with one attached hydrogen (secondary N) is 1. The van der Waals surface area contributed by atoms with Gasteiger partial charge < -0.3 is 9.88 Å². The maximum atomic E-state index is 12.3. The van der Waals surface area contributed by atoms with E-state index in [1.54, 1.807) is 18.3 Å². The Labute approximate surface area is 124 Å². The zero-order valence-corrected chi connectivity index (χ0v) is 12.2. The summed E-state index contributed by atoms with van der Waals surface area (Å²) in [5, 5.41) is 3.24. The van der Waals surface area contributed by atoms with E-state index in [0.29, 0.717) is 17.9 Å². The fourth-order valence-corrected chi connectivity index (χ4v) is 5.14. The highest BCUT2D eigenvalue weighted by Crippen LogP contribution is 2.53. The maximum absolute atomic E-state index is 12.3. The van der Waals surface area contributed by atoms with E-state index in [2.05, 4.69) is 5.32 Å². The van der Waals surface area contributed by atoms with Crippen molar-refractivity contribution < 1.29 is 4.79 Å². The molecule has 0 radical (unpaired) electrons. The van der Waals surface area contributed by atoms with Gasteiger partial charge in [0.25, 0.3) is 5.56 Å². The third-order valence-electron chi connectivity index (χ3n) is 5.77. The summed E-state index contributed by atoms with van der Waals surface area (Å²) >= 11 is 0. The van der Waals surface area contributed by atoms with Gasteiger partial charge in [0, 0.05) is 18.3 Å². The van der Waals surface area contributed by atoms with Crippen LogP contribution >= 0.6 is 0 Å². The average Bonchev–Trinajstić information content (AvgIpc) is 2.44. The number of carbonyl (C=O) groups excluding carboxylic acids is 1. The van der Waals surface area contributed by atoms with E-state index in [0.717, 1.165) is 11.8 Å². The van der Waals surface area contributed by atoms with Crippen molar-refractivity contribution in [2.75, 3.05) is 0 Å². The van der Waals surface area contributed by atoms with Gasteiger partial charge in [0.15, 0.2) is 0 Å². The SMILES string of the molecule is O=C(Cn1ccccc1=O)NC1C2CC3CC(C2)CC1C3. The lowest BCUT2D eigenvalue weighted by Crippen LogP contribution is -2.56. The molecule has 1 amide bonds. The quantitative estimate of drug-likeness (QED) is 0.921. The highest BCUT2D eigenvalue weighted by atomic mass is 16.2. The van der Waals surface area contributed by atoms with Crippen molar-refractivity contribution in [1.82, 2.24) is 9.88 Å². The van der Waals surface area contributed by atoms with Crippen molar-refractivity contribution in [1.29, 1.82) is 0 Å². The van der Waals surface area contributed by atoms with E-state index in [1.807, 2.05) is 0 Å². The van der Waals surface area contributed by atoms with Crippen LogP contribution in [-0.4, -0.2) is 16.5 Å². The predicted octanol–water partition coefficient (Wildman–Crippen LogP) is 1.79. The molecule has 5 rings (SSSR count). The van der Waals surface area contributed by atoms with Gasteiger partial charge in [-0.05, 0) is 61.8 Å². The molecule has 112 valence electrons. The van der Waals surface area contributed by atoms with Gasteiger partial charge in [0.2, 0.25) is 5.91 Å². The molecule has 1 aromatic rings. The van der Waals surface area contributed by atoms with Crippen molar-refractivity contribution in [3.8, 4) is 0 Å². The smallest absolute Gasteiger partial charge is 0.250 e. The summed E-state index contributed by atoms with van der Waals surface area (Å²) in [7, 11) is 0. The summed E-state index contributed by atoms with van der Waals surface area (Å²) in [5.74, 6) is 3.17. The molecule has 4 fully saturated rings. The first-order valence-electron chi connectivity index (χ1n) is 8.14. The lowest BCUT2D eigenvalue weighted by molar-refractivity contribution is -0.125. The van der Waals surface area contributed by atoms with E-state index in [9.17, 15) is 9.59 Å². The lowest BCUT2D eigenvalue weighted by Gasteiger charge is -2.54. The molecule has 0 aliphatic heterocycles. The topological polar surface area (TPSA) is 51.1 Å². The molecular formula is C17H22N2O2. The van der Waals surface area contributed by atoms with Gasteiger partial charge in [0.05, 0.1) is 0 Å². The number of carbonyl (C=O) groups is 1. The molecule has 0 unspecified atom stereocenters. The van der Waals surface area contributed by atoms with E-state index >= 15 is 0 Å². The van der Waals surface area contributed by atoms with Crippen LogP contribution in [0.5, 0.6) is 0 Å². The van der Waals surface area contributed by atoms with E-state index in [-0.39, 0.29) is 18.0 Å². The summed E-state index contributed by atoms with van der Waals surface area (Å²) in [6.07, 6.45) is 8.28. The molecule has 4 bridgehead atoms. The van der Waals surface area contributed by atoms with Crippen molar-refractivity contribution in [2.45, 2.75) is 44.7 Å². The second-order valence-corrected chi connectivity index (χ2v) is 7.19. The highest BCUT2D eigenvalue weighted by Gasteiger charge is 2.48. The molecule has 4 saturated carbocycles. The lowest BCUT2D eigenvalue weighted by atomic mass is 9.54. The van der Waals surface area contributed by atoms with Gasteiger partial charge in [-0.15, -0.1) is 0 Å². The minimum absolute atomic E-state index is 0.0132. The fraction of sp³-hybridized carbons (Fsp3) is 0.647. The Morgan fingerprint density at radius 2 is 1.76 bits per heavy atom. The Hall–Kier alpha value is -1.58. The van der Waals surface area contributed by atoms with E-state index in [1.165, 1.54) is 42.7 Å². The number of hydrogen-bond acceptors (Lipinski definition) is 2. The molecule has 1 aromatic heterocycles. The van der Waals surface area contributed by atoms with Crippen LogP contribution in [0.15, 0.2) is 29.2 Å². The molecule has 4 aliphatic rings. The van der Waals surface area contributed by atoms with Crippen LogP contribution in [0.2, 0.25) is 0 Å². The van der Waals surface area contributed by atoms with Crippen LogP contribution in [0, 0.1) is 23.7 Å². The molecule has 4 aliphatic carbocycles. The minimum atomic E-state index is -0.113. The van der Waals surface area contributed by atoms with Crippen molar-refractivity contribution in [3.63, 3.8) is 0 Å². The summed E-state index contributed by atoms with van der Waals surface area (Å²) in [4.78, 5) is 24.0. The van der Waals surface area contributed by atoms with Crippen molar-refractivity contribution in [2.24, 2.45) is 23.7 Å². The van der Waals surface area contributed by atoms with E-state index in [4.69, 9.17) is 0 Å². The Bertz CT molecular complexity index is 579. The van der Waals surface area contributed by atoms with Crippen LogP contribution in [0.25, 0.3) is 0 Å². The fourth-order valence-electron chi connectivity index (χ4n) is 5.14. The molecule has 0 atom stereocenters. The van der Waals surface area contributed by atoms with Gasteiger partial charge in [-0.3, -0.25) is 9.59 Å². The van der Waals surface area contributed by atoms with Crippen LogP contribution in [0.3, 0.4) is 0 Å². The molecule has 1 N–H and O–H groups in total. The van der Waals surface area contributed by atoms with Gasteiger partial charge in [-0.25, -0.2) is 0 Å². The largest absolute Gasteiger partial charge is 0.351 e. The monoisotopic (exact) mass is 286 g/mol. The molecule has 0 spiro atoms. The van der Waals surface area contributed by atoms with Gasteiger partial charge in [-0.1, -0.05) is 6.07 Å². The first-order valence-corrected chi connectivity index (χ1v) is 8.14. The first-order chi connectivity index (χ1) is 10.2. The number of amides is 1. The Morgan fingerprint density at radius 3 is 2.38 bits per heavy atom. The second-order valence-electron chi connectivity index (χ2n) is 7.19. The standard InChI is InChI=1S/C17H22N2O2/c20-15(10-19-4-2-1-3-16(19)21)18-17-13-6-11-5-12(8-13)9-14(17)7-11/h1-4,11-14,17H,5-10H2,(H,18,20). The molecular weight excluding hydrogens is 264 g/mol. The van der Waals surface area contributed by atoms with Crippen LogP contribution in [0.4, 0.5) is 0 Å². The summed E-state index contributed by atoms with van der Waals surface area (Å²) < 4.78 is 1.48. The highest BCUT2D eigenvalue weighted by molar-refractivity contribution is 5.76. The number of nitrogens with zero attached hydrogens (tertiary/aromatic N) is 1. The maximum Gasteiger partial charge on any atom is 0.250 e. The van der Waals surface area contributed by atoms with Gasteiger partial charge in [0.1, 0.15) is 6.54 Å². The second kappa shape index (κ2) is 5.00. The van der Waals surface area contributed by atoms with Crippen molar-refractivity contribution >= 4 is 5.91 Å². The Kier molecular flexibility index (Phi) is 3.12. The number of pyridine rings is 1. The van der Waals surface area contributed by atoms with Crippen molar-refractivity contribution in [3.05, 3.63) is 34.7 Å². The summed E-state index contributed by atoms with van der Waals surface area (Å²) in [5.41, 5.74) is -0.113. The molecule has 21 heavy (non-hydrogen) atoms. The normalized spacial score (nSPS) is 36.7.